The lowest BCUT2D eigenvalue weighted by Crippen LogP contribution is -2.11. The summed E-state index contributed by atoms with van der Waals surface area (Å²) in [5.74, 6) is -0.739. The molecule has 0 aliphatic rings. The zero-order valence-corrected chi connectivity index (χ0v) is 12.1. The van der Waals surface area contributed by atoms with Gasteiger partial charge in [0.2, 0.25) is 5.91 Å². The number of nitrogens with zero attached hydrogens (tertiary/aromatic N) is 1. The van der Waals surface area contributed by atoms with Crippen molar-refractivity contribution in [3.05, 3.63) is 66.0 Å². The molecule has 6 nitrogen and oxygen atoms in total. The van der Waals surface area contributed by atoms with Gasteiger partial charge in [0.15, 0.2) is 0 Å². The highest BCUT2D eigenvalue weighted by molar-refractivity contribution is 6.05. The van der Waals surface area contributed by atoms with Crippen molar-refractivity contribution in [2.24, 2.45) is 5.73 Å². The minimum atomic E-state index is -0.527. The fourth-order valence-corrected chi connectivity index (χ4v) is 2.19. The zero-order chi connectivity index (χ0) is 16.2. The van der Waals surface area contributed by atoms with E-state index in [0.717, 1.165) is 10.9 Å². The molecule has 4 N–H and O–H groups in total. The maximum Gasteiger partial charge on any atom is 0.255 e. The van der Waals surface area contributed by atoms with E-state index in [-0.39, 0.29) is 5.91 Å². The van der Waals surface area contributed by atoms with Gasteiger partial charge in [0.1, 0.15) is 5.65 Å². The maximum absolute atomic E-state index is 12.2. The molecule has 2 heterocycles. The molecule has 0 unspecified atom stereocenters. The Balaban J connectivity index is 1.89. The van der Waals surface area contributed by atoms with E-state index in [1.807, 2.05) is 6.07 Å². The standard InChI is InChI=1S/C17H14N4O2/c18-15(22)7-6-12-9-19-16-14(12)8-13(10-20-16)21-17(23)11-4-2-1-3-5-11/h1-10H,(H2,18,22)(H,19,20)(H,21,23). The summed E-state index contributed by atoms with van der Waals surface area (Å²) in [6, 6.07) is 10.7. The SMILES string of the molecule is NC(=O)C=Cc1c[nH]c2ncc(NC(=O)c3ccccc3)cc12. The predicted octanol–water partition coefficient (Wildman–Crippen LogP) is 2.31. The van der Waals surface area contributed by atoms with Crippen LogP contribution in [0.1, 0.15) is 15.9 Å². The molecule has 0 aliphatic heterocycles. The Hall–Kier alpha value is -3.41. The van der Waals surface area contributed by atoms with Crippen LogP contribution in [0.3, 0.4) is 0 Å². The summed E-state index contributed by atoms with van der Waals surface area (Å²) < 4.78 is 0. The van der Waals surface area contributed by atoms with Crippen LogP contribution in [0.25, 0.3) is 17.1 Å². The molecular weight excluding hydrogens is 292 g/mol. The maximum atomic E-state index is 12.2. The Bertz CT molecular complexity index is 897. The second-order valence-electron chi connectivity index (χ2n) is 4.92. The number of rotatable bonds is 4. The highest BCUT2D eigenvalue weighted by Gasteiger charge is 2.08. The first-order valence-corrected chi connectivity index (χ1v) is 6.94. The van der Waals surface area contributed by atoms with E-state index in [1.165, 1.54) is 6.08 Å². The largest absolute Gasteiger partial charge is 0.366 e. The quantitative estimate of drug-likeness (QED) is 0.645. The van der Waals surface area contributed by atoms with Crippen molar-refractivity contribution in [2.75, 3.05) is 5.32 Å². The average Bonchev–Trinajstić information content (AvgIpc) is 2.96. The van der Waals surface area contributed by atoms with Crippen LogP contribution >= 0.6 is 0 Å². The summed E-state index contributed by atoms with van der Waals surface area (Å²) in [7, 11) is 0. The van der Waals surface area contributed by atoms with Crippen molar-refractivity contribution in [3.8, 4) is 0 Å². The third kappa shape index (κ3) is 3.26. The van der Waals surface area contributed by atoms with E-state index in [4.69, 9.17) is 5.73 Å². The van der Waals surface area contributed by atoms with Gasteiger partial charge in [-0.1, -0.05) is 18.2 Å². The number of H-pyrrole nitrogens is 1. The normalized spacial score (nSPS) is 11.0. The predicted molar refractivity (Wildman–Crippen MR) is 88.7 cm³/mol. The summed E-state index contributed by atoms with van der Waals surface area (Å²) >= 11 is 0. The first-order valence-electron chi connectivity index (χ1n) is 6.94. The Kier molecular flexibility index (Phi) is 3.88. The lowest BCUT2D eigenvalue weighted by Gasteiger charge is -2.05. The fraction of sp³-hybridized carbons (Fsp3) is 0. The third-order valence-corrected chi connectivity index (χ3v) is 3.28. The molecule has 2 amide bonds. The number of aromatic amines is 1. The van der Waals surface area contributed by atoms with E-state index in [0.29, 0.717) is 16.9 Å². The number of nitrogens with two attached hydrogens (primary N) is 1. The molecule has 0 atom stereocenters. The van der Waals surface area contributed by atoms with Gasteiger partial charge >= 0.3 is 0 Å². The molecule has 6 heteroatoms. The number of benzene rings is 1. The van der Waals surface area contributed by atoms with Crippen molar-refractivity contribution < 1.29 is 9.59 Å². The average molecular weight is 306 g/mol. The molecule has 0 saturated heterocycles. The Morgan fingerprint density at radius 3 is 2.74 bits per heavy atom. The van der Waals surface area contributed by atoms with Crippen LogP contribution in [0.2, 0.25) is 0 Å². The van der Waals surface area contributed by atoms with Gasteiger partial charge in [0.25, 0.3) is 5.91 Å². The number of aromatic nitrogens is 2. The number of pyridine rings is 1. The van der Waals surface area contributed by atoms with Crippen LogP contribution < -0.4 is 11.1 Å². The number of hydrogen-bond acceptors (Lipinski definition) is 3. The summed E-state index contributed by atoms with van der Waals surface area (Å²) in [4.78, 5) is 30.3. The fourth-order valence-electron chi connectivity index (χ4n) is 2.19. The first-order chi connectivity index (χ1) is 11.1. The molecule has 0 spiro atoms. The Morgan fingerprint density at radius 1 is 1.22 bits per heavy atom. The highest BCUT2D eigenvalue weighted by atomic mass is 16.1. The molecule has 3 aromatic rings. The number of carbonyl (C=O) groups excluding carboxylic acids is 2. The van der Waals surface area contributed by atoms with Crippen LogP contribution in [0, 0.1) is 0 Å². The van der Waals surface area contributed by atoms with Crippen molar-refractivity contribution in [1.29, 1.82) is 0 Å². The number of nitrogens with one attached hydrogen (secondary N) is 2. The van der Waals surface area contributed by atoms with Crippen LogP contribution in [-0.4, -0.2) is 21.8 Å². The van der Waals surface area contributed by atoms with E-state index in [2.05, 4.69) is 15.3 Å². The minimum Gasteiger partial charge on any atom is -0.366 e. The zero-order valence-electron chi connectivity index (χ0n) is 12.1. The van der Waals surface area contributed by atoms with Crippen LogP contribution in [0.4, 0.5) is 5.69 Å². The summed E-state index contributed by atoms with van der Waals surface area (Å²) in [5, 5.41) is 3.59. The van der Waals surface area contributed by atoms with Crippen LogP contribution in [0.5, 0.6) is 0 Å². The number of amides is 2. The van der Waals surface area contributed by atoms with Crippen molar-refractivity contribution in [3.63, 3.8) is 0 Å². The molecule has 23 heavy (non-hydrogen) atoms. The highest BCUT2D eigenvalue weighted by Crippen LogP contribution is 2.21. The topological polar surface area (TPSA) is 101 Å². The second-order valence-corrected chi connectivity index (χ2v) is 4.92. The minimum absolute atomic E-state index is 0.212. The lowest BCUT2D eigenvalue weighted by molar-refractivity contribution is -0.113. The molecule has 0 bridgehead atoms. The molecule has 0 aliphatic carbocycles. The monoisotopic (exact) mass is 306 g/mol. The molecular formula is C17H14N4O2. The van der Waals surface area contributed by atoms with Gasteiger partial charge in [-0.25, -0.2) is 4.98 Å². The Morgan fingerprint density at radius 2 is 2.00 bits per heavy atom. The van der Waals surface area contributed by atoms with Crippen LogP contribution in [0.15, 0.2) is 54.9 Å². The van der Waals surface area contributed by atoms with Crippen molar-refractivity contribution in [1.82, 2.24) is 9.97 Å². The molecule has 0 saturated carbocycles. The molecule has 3 rings (SSSR count). The third-order valence-electron chi connectivity index (χ3n) is 3.28. The van der Waals surface area contributed by atoms with Gasteiger partial charge in [-0.2, -0.15) is 0 Å². The smallest absolute Gasteiger partial charge is 0.255 e. The van der Waals surface area contributed by atoms with E-state index < -0.39 is 5.91 Å². The van der Waals surface area contributed by atoms with E-state index >= 15 is 0 Å². The Labute approximate surface area is 132 Å². The summed E-state index contributed by atoms with van der Waals surface area (Å²) in [6.45, 7) is 0. The molecule has 114 valence electrons. The van der Waals surface area contributed by atoms with Gasteiger partial charge in [0.05, 0.1) is 11.9 Å². The summed E-state index contributed by atoms with van der Waals surface area (Å²) in [6.07, 6.45) is 6.17. The van der Waals surface area contributed by atoms with Gasteiger partial charge in [-0.15, -0.1) is 0 Å². The number of primary amides is 1. The van der Waals surface area contributed by atoms with E-state index in [1.54, 1.807) is 48.8 Å². The van der Waals surface area contributed by atoms with Gasteiger partial charge in [-0.3, -0.25) is 9.59 Å². The number of anilines is 1. The van der Waals surface area contributed by atoms with Gasteiger partial charge in [-0.05, 0) is 24.3 Å². The number of hydrogen-bond donors (Lipinski definition) is 3. The summed E-state index contributed by atoms with van der Waals surface area (Å²) in [5.41, 5.74) is 7.66. The van der Waals surface area contributed by atoms with E-state index in [9.17, 15) is 9.59 Å². The molecule has 1 aromatic carbocycles. The lowest BCUT2D eigenvalue weighted by atomic mass is 10.2. The second kappa shape index (κ2) is 6.15. The molecule has 0 radical (unpaired) electrons. The van der Waals surface area contributed by atoms with Gasteiger partial charge < -0.3 is 16.0 Å². The van der Waals surface area contributed by atoms with Crippen molar-refractivity contribution in [2.45, 2.75) is 0 Å². The van der Waals surface area contributed by atoms with Crippen LogP contribution in [-0.2, 0) is 4.79 Å². The molecule has 2 aromatic heterocycles. The van der Waals surface area contributed by atoms with Crippen molar-refractivity contribution >= 4 is 34.6 Å². The number of fused-ring (bicyclic) bond motifs is 1. The van der Waals surface area contributed by atoms with Gasteiger partial charge in [0, 0.05) is 28.8 Å². The number of carbonyl (C=O) groups is 2. The first kappa shape index (κ1) is 14.5. The molecule has 0 fully saturated rings.